The number of anilines is 1. The van der Waals surface area contributed by atoms with Gasteiger partial charge in [0.2, 0.25) is 0 Å². The van der Waals surface area contributed by atoms with Crippen LogP contribution < -0.4 is 27.4 Å². The normalized spacial score (nSPS) is 10.9. The van der Waals surface area contributed by atoms with Gasteiger partial charge in [0.25, 0.3) is 5.91 Å². The molecule has 9 nitrogen and oxygen atoms in total. The summed E-state index contributed by atoms with van der Waals surface area (Å²) in [7, 11) is 3.40. The van der Waals surface area contributed by atoms with E-state index >= 15 is 0 Å². The number of amides is 1. The molecule has 2 aromatic heterocycles. The molecule has 10 heteroatoms. The van der Waals surface area contributed by atoms with Crippen LogP contribution >= 0.6 is 0 Å². The van der Waals surface area contributed by atoms with E-state index in [1.54, 1.807) is 44.6 Å². The first-order valence-corrected chi connectivity index (χ1v) is 11.2. The summed E-state index contributed by atoms with van der Waals surface area (Å²) in [5, 5.41) is 8.16. The third kappa shape index (κ3) is 4.25. The summed E-state index contributed by atoms with van der Waals surface area (Å²) >= 11 is -1.15. The van der Waals surface area contributed by atoms with E-state index in [-0.39, 0.29) is 29.2 Å². The van der Waals surface area contributed by atoms with Gasteiger partial charge in [0.15, 0.2) is 0 Å². The molecule has 158 valence electrons. The van der Waals surface area contributed by atoms with Gasteiger partial charge in [-0.1, -0.05) is 0 Å². The molecule has 0 atom stereocenters. The van der Waals surface area contributed by atoms with Crippen molar-refractivity contribution in [3.63, 3.8) is 0 Å². The zero-order valence-electron chi connectivity index (χ0n) is 16.7. The number of rotatable bonds is 5. The summed E-state index contributed by atoms with van der Waals surface area (Å²) in [6.45, 7) is 0. The Kier molecular flexibility index (Phi) is 5.91. The molecule has 0 bridgehead atoms. The number of carbonyl (C=O) groups excluding carboxylic acids is 1. The zero-order valence-corrected chi connectivity index (χ0v) is 18.8. The molecule has 0 saturated carbocycles. The van der Waals surface area contributed by atoms with Crippen molar-refractivity contribution < 1.29 is 34.3 Å². The van der Waals surface area contributed by atoms with E-state index in [9.17, 15) is 8.23 Å². The molecule has 4 rings (SSSR count). The fourth-order valence-electron chi connectivity index (χ4n) is 2.87. The Labute approximate surface area is 188 Å². The average molecular weight is 529 g/mol. The summed E-state index contributed by atoms with van der Waals surface area (Å²) in [6, 6.07) is 14.4. The van der Waals surface area contributed by atoms with E-state index in [4.69, 9.17) is 10.2 Å². The Bertz CT molecular complexity index is 1240. The topological polar surface area (TPSA) is 131 Å². The molecular weight excluding hydrogens is 511 g/mol. The van der Waals surface area contributed by atoms with Crippen LogP contribution in [0.25, 0.3) is 34.3 Å². The Balaban J connectivity index is 1.68. The molecule has 0 fully saturated rings. The van der Waals surface area contributed by atoms with Gasteiger partial charge in [-0.2, -0.15) is 0 Å². The standard InChI is InChI=1S/C21H18IN6O3/c1-28(2)21(29)13-9-7-12(8-10-13)16-11-24-18(23)17(25-16)20-27-26-19(31-20)14-5-3-4-6-15(14)22-30/h3-11,30H,1-2H3,(H2,23,24)/q-1. The minimum absolute atomic E-state index is 0.0837. The summed E-state index contributed by atoms with van der Waals surface area (Å²) in [5.41, 5.74) is 8.85. The van der Waals surface area contributed by atoms with E-state index in [0.717, 1.165) is 9.13 Å². The fraction of sp³-hybridized carbons (Fsp3) is 0.0952. The molecule has 0 aliphatic heterocycles. The fourth-order valence-corrected chi connectivity index (χ4v) is 3.91. The quantitative estimate of drug-likeness (QED) is 0.325. The van der Waals surface area contributed by atoms with E-state index in [1.807, 2.05) is 24.3 Å². The maximum absolute atomic E-state index is 12.1. The predicted molar refractivity (Wildman–Crippen MR) is 110 cm³/mol. The van der Waals surface area contributed by atoms with Crippen molar-refractivity contribution in [2.24, 2.45) is 0 Å². The number of nitrogens with zero attached hydrogens (tertiary/aromatic N) is 5. The van der Waals surface area contributed by atoms with Crippen LogP contribution in [-0.4, -0.2) is 48.5 Å². The van der Waals surface area contributed by atoms with Crippen LogP contribution in [0.5, 0.6) is 0 Å². The van der Waals surface area contributed by atoms with Gasteiger partial charge in [0.1, 0.15) is 0 Å². The molecule has 4 aromatic rings. The number of hydrogen-bond acceptors (Lipinski definition) is 8. The van der Waals surface area contributed by atoms with Crippen molar-refractivity contribution in [2.75, 3.05) is 19.8 Å². The Morgan fingerprint density at radius 1 is 1.06 bits per heavy atom. The van der Waals surface area contributed by atoms with Crippen LogP contribution in [0, 0.1) is 3.57 Å². The van der Waals surface area contributed by atoms with Crippen LogP contribution in [0.4, 0.5) is 5.82 Å². The van der Waals surface area contributed by atoms with Gasteiger partial charge in [0, 0.05) is 14.1 Å². The van der Waals surface area contributed by atoms with Crippen molar-refractivity contribution in [2.45, 2.75) is 0 Å². The Morgan fingerprint density at radius 2 is 1.77 bits per heavy atom. The maximum atomic E-state index is 12.1. The third-order valence-corrected chi connectivity index (χ3v) is 5.92. The molecule has 0 radical (unpaired) electrons. The van der Waals surface area contributed by atoms with Crippen LogP contribution in [0.15, 0.2) is 59.1 Å². The predicted octanol–water partition coefficient (Wildman–Crippen LogP) is -0.689. The average Bonchev–Trinajstić information content (AvgIpc) is 3.29. The van der Waals surface area contributed by atoms with Crippen molar-refractivity contribution in [1.82, 2.24) is 25.1 Å². The molecule has 0 unspecified atom stereocenters. The van der Waals surface area contributed by atoms with Crippen molar-refractivity contribution in [3.05, 3.63) is 63.9 Å². The number of halogens is 1. The van der Waals surface area contributed by atoms with E-state index in [0.29, 0.717) is 16.8 Å². The van der Waals surface area contributed by atoms with Gasteiger partial charge in [-0.3, -0.25) is 4.79 Å². The first kappa shape index (κ1) is 20.9. The van der Waals surface area contributed by atoms with Crippen LogP contribution in [0.2, 0.25) is 0 Å². The Morgan fingerprint density at radius 3 is 2.48 bits per heavy atom. The van der Waals surface area contributed by atoms with Crippen LogP contribution in [-0.2, 0) is 0 Å². The van der Waals surface area contributed by atoms with Crippen LogP contribution in [0.3, 0.4) is 0 Å². The summed E-state index contributed by atoms with van der Waals surface area (Å²) in [5.74, 6) is 0.477. The van der Waals surface area contributed by atoms with Gasteiger partial charge < -0.3 is 4.90 Å². The Hall–Kier alpha value is -3.38. The summed E-state index contributed by atoms with van der Waals surface area (Å²) < 4.78 is 16.2. The molecule has 2 aromatic carbocycles. The molecule has 2 heterocycles. The van der Waals surface area contributed by atoms with Gasteiger partial charge in [0.05, 0.1) is 0 Å². The zero-order chi connectivity index (χ0) is 22.0. The second-order valence-electron chi connectivity index (χ2n) is 6.74. The summed E-state index contributed by atoms with van der Waals surface area (Å²) in [6.07, 6.45) is 1.55. The van der Waals surface area contributed by atoms with E-state index < -0.39 is 21.6 Å². The molecule has 0 saturated heterocycles. The molecule has 0 aliphatic carbocycles. The van der Waals surface area contributed by atoms with Gasteiger partial charge in [-0.05, 0) is 0 Å². The molecule has 0 spiro atoms. The number of aromatic nitrogens is 4. The van der Waals surface area contributed by atoms with E-state index in [1.165, 1.54) is 4.90 Å². The van der Waals surface area contributed by atoms with Crippen molar-refractivity contribution in [3.8, 4) is 34.3 Å². The second kappa shape index (κ2) is 8.78. The number of nitrogens with two attached hydrogens (primary N) is 1. The molecular formula is C21H18IN6O3-. The third-order valence-electron chi connectivity index (χ3n) is 4.46. The molecule has 31 heavy (non-hydrogen) atoms. The van der Waals surface area contributed by atoms with E-state index in [2.05, 4.69) is 20.2 Å². The minimum atomic E-state index is -1.15. The number of hydrogen-bond donors (Lipinski definition) is 2. The number of nitrogen functional groups attached to an aromatic ring is 1. The number of benzene rings is 2. The summed E-state index contributed by atoms with van der Waals surface area (Å²) in [4.78, 5) is 22.4. The SMILES string of the molecule is CN(C)C(=O)c1ccc(-c2cnc(N)c(-c3nnc(-c4ccccc4[I-]O)o3)n2)cc1. The van der Waals surface area contributed by atoms with Crippen LogP contribution in [0.1, 0.15) is 10.4 Å². The molecule has 1 amide bonds. The van der Waals surface area contributed by atoms with Gasteiger partial charge >= 0.3 is 159 Å². The molecule has 3 N–H and O–H groups in total. The number of carbonyl (C=O) groups is 1. The molecule has 0 aliphatic rings. The monoisotopic (exact) mass is 529 g/mol. The second-order valence-corrected chi connectivity index (χ2v) is 8.39. The van der Waals surface area contributed by atoms with Gasteiger partial charge in [-0.15, -0.1) is 0 Å². The van der Waals surface area contributed by atoms with Crippen molar-refractivity contribution >= 4 is 11.7 Å². The van der Waals surface area contributed by atoms with Gasteiger partial charge in [-0.25, -0.2) is 0 Å². The van der Waals surface area contributed by atoms with Crippen molar-refractivity contribution in [1.29, 1.82) is 0 Å². The first-order valence-electron chi connectivity index (χ1n) is 9.14. The first-order chi connectivity index (χ1) is 15.0.